The normalized spacial score (nSPS) is 14.2. The molecule has 0 bridgehead atoms. The third kappa shape index (κ3) is 5.22. The number of alkyl halides is 6. The van der Waals surface area contributed by atoms with Gasteiger partial charge >= 0.3 is 190 Å². The Morgan fingerprint density at radius 3 is 1.38 bits per heavy atom. The van der Waals surface area contributed by atoms with Crippen LogP contribution < -0.4 is 0 Å². The van der Waals surface area contributed by atoms with Gasteiger partial charge in [0.1, 0.15) is 0 Å². The molecule has 0 aromatic heterocycles. The predicted octanol–water partition coefficient (Wildman–Crippen LogP) is 5.58. The zero-order chi connectivity index (χ0) is 24.7. The van der Waals surface area contributed by atoms with Crippen LogP contribution >= 0.6 is 20.1 Å². The zero-order valence-corrected chi connectivity index (χ0v) is 20.5. The molecular formula is C18H18F6INO4S2. The van der Waals surface area contributed by atoms with Gasteiger partial charge in [-0.1, -0.05) is 0 Å². The number of benzene rings is 2. The molecule has 0 spiro atoms. The molecule has 0 atom stereocenters. The van der Waals surface area contributed by atoms with Gasteiger partial charge in [0.2, 0.25) is 0 Å². The monoisotopic (exact) mass is 617 g/mol. The summed E-state index contributed by atoms with van der Waals surface area (Å²) in [5, 5.41) is 0. The van der Waals surface area contributed by atoms with Crippen molar-refractivity contribution in [3.63, 3.8) is 0 Å². The molecule has 0 unspecified atom stereocenters. The van der Waals surface area contributed by atoms with E-state index < -0.39 is 53.1 Å². The first-order valence-electron chi connectivity index (χ1n) is 8.71. The van der Waals surface area contributed by atoms with E-state index in [0.29, 0.717) is 11.1 Å². The SMILES string of the molecule is Cc1ccc(I(c2ccc(C(C)C)cc2)N(S(=O)(=O)C(F)(F)F)S(=O)(=O)C(F)(F)F)cc1. The van der Waals surface area contributed by atoms with E-state index in [1.54, 1.807) is 20.8 Å². The molecule has 14 heteroatoms. The van der Waals surface area contributed by atoms with E-state index in [1.165, 1.54) is 36.4 Å². The summed E-state index contributed by atoms with van der Waals surface area (Å²) >= 11 is -4.62. The first kappa shape index (κ1) is 26.9. The maximum atomic E-state index is 13.4. The second kappa shape index (κ2) is 9.10. The molecule has 0 heterocycles. The Hall–Kier alpha value is -1.39. The van der Waals surface area contributed by atoms with Crippen LogP contribution in [0, 0.1) is 14.1 Å². The Morgan fingerprint density at radius 2 is 1.06 bits per heavy atom. The van der Waals surface area contributed by atoms with E-state index in [9.17, 15) is 43.2 Å². The molecule has 0 aliphatic rings. The number of halogens is 7. The molecule has 0 saturated heterocycles. The van der Waals surface area contributed by atoms with Crippen LogP contribution in [0.5, 0.6) is 0 Å². The summed E-state index contributed by atoms with van der Waals surface area (Å²) in [6.45, 7) is 5.18. The van der Waals surface area contributed by atoms with E-state index >= 15 is 0 Å². The third-order valence-corrected chi connectivity index (χ3v) is 16.7. The molecule has 0 radical (unpaired) electrons. The number of hydrogen-bond acceptors (Lipinski definition) is 4. The van der Waals surface area contributed by atoms with Crippen LogP contribution in [0.25, 0.3) is 0 Å². The standard InChI is InChI=1S/C18H18F6INO4S2/c1-12(2)14-6-10-16(11-7-14)25(15-8-4-13(3)5-9-15)26(31(27,28)17(19,20)21)32(29,30)18(22,23)24/h4-12H,1-3H3. The minimum atomic E-state index is -6.92. The van der Waals surface area contributed by atoms with Crippen LogP contribution in [0.3, 0.4) is 0 Å². The Kier molecular flexibility index (Phi) is 7.64. The van der Waals surface area contributed by atoms with Gasteiger partial charge in [0.15, 0.2) is 0 Å². The molecule has 2 rings (SSSR count). The fourth-order valence-corrected chi connectivity index (χ4v) is 14.9. The van der Waals surface area contributed by atoms with E-state index in [-0.39, 0.29) is 13.1 Å². The predicted molar refractivity (Wildman–Crippen MR) is 115 cm³/mol. The van der Waals surface area contributed by atoms with Crippen molar-refractivity contribution in [2.24, 2.45) is 0 Å². The summed E-state index contributed by atoms with van der Waals surface area (Å²) in [6, 6.07) is 10.1. The van der Waals surface area contributed by atoms with Gasteiger partial charge in [0, 0.05) is 0 Å². The van der Waals surface area contributed by atoms with Gasteiger partial charge in [-0.3, -0.25) is 0 Å². The van der Waals surface area contributed by atoms with Crippen molar-refractivity contribution in [3.8, 4) is 0 Å². The zero-order valence-electron chi connectivity index (χ0n) is 16.7. The molecule has 0 aliphatic carbocycles. The summed E-state index contributed by atoms with van der Waals surface area (Å²) in [5.74, 6) is -0.0420. The van der Waals surface area contributed by atoms with Crippen LogP contribution in [0.2, 0.25) is 0 Å². The summed E-state index contributed by atoms with van der Waals surface area (Å²) in [5.41, 5.74) is -11.3. The van der Waals surface area contributed by atoms with Crippen molar-refractivity contribution in [3.05, 3.63) is 66.8 Å². The van der Waals surface area contributed by atoms with Gasteiger partial charge in [-0.05, 0) is 0 Å². The van der Waals surface area contributed by atoms with Crippen LogP contribution in [0.4, 0.5) is 26.3 Å². The van der Waals surface area contributed by atoms with Crippen molar-refractivity contribution in [1.29, 1.82) is 0 Å². The molecule has 32 heavy (non-hydrogen) atoms. The Labute approximate surface area is 189 Å². The maximum absolute atomic E-state index is 13.4. The molecule has 0 saturated carbocycles. The number of nitrogens with zero attached hydrogens (tertiary/aromatic N) is 1. The molecular weight excluding hydrogens is 599 g/mol. The Morgan fingerprint density at radius 1 is 0.719 bits per heavy atom. The number of aryl methyl sites for hydroxylation is 1. The van der Waals surface area contributed by atoms with Gasteiger partial charge in [-0.25, -0.2) is 0 Å². The van der Waals surface area contributed by atoms with E-state index in [2.05, 4.69) is 0 Å². The molecule has 180 valence electrons. The fraction of sp³-hybridized carbons (Fsp3) is 0.333. The number of sulfonamides is 2. The first-order chi connectivity index (χ1) is 14.4. The molecule has 0 amide bonds. The van der Waals surface area contributed by atoms with E-state index in [0.717, 1.165) is 12.1 Å². The quantitative estimate of drug-likeness (QED) is 0.241. The van der Waals surface area contributed by atoms with Gasteiger partial charge in [-0.2, -0.15) is 0 Å². The summed E-state index contributed by atoms with van der Waals surface area (Å²) in [6.07, 6.45) is 0. The van der Waals surface area contributed by atoms with Crippen molar-refractivity contribution < 1.29 is 43.2 Å². The summed E-state index contributed by atoms with van der Waals surface area (Å²) in [7, 11) is -13.8. The average molecular weight is 617 g/mol. The molecule has 0 N–H and O–H groups in total. The van der Waals surface area contributed by atoms with E-state index in [1.807, 2.05) is 0 Å². The third-order valence-electron chi connectivity index (χ3n) is 4.06. The fourth-order valence-electron chi connectivity index (χ4n) is 2.38. The van der Waals surface area contributed by atoms with Gasteiger partial charge in [0.05, 0.1) is 0 Å². The van der Waals surface area contributed by atoms with E-state index in [4.69, 9.17) is 0 Å². The Balaban J connectivity index is 2.94. The van der Waals surface area contributed by atoms with Gasteiger partial charge < -0.3 is 0 Å². The van der Waals surface area contributed by atoms with Crippen molar-refractivity contribution >= 4 is 40.1 Å². The van der Waals surface area contributed by atoms with Crippen molar-refractivity contribution in [1.82, 2.24) is 1.92 Å². The Bertz CT molecular complexity index is 1120. The molecule has 0 fully saturated rings. The van der Waals surface area contributed by atoms with Crippen LogP contribution in [-0.4, -0.2) is 29.8 Å². The molecule has 0 aliphatic heterocycles. The van der Waals surface area contributed by atoms with Gasteiger partial charge in [-0.15, -0.1) is 0 Å². The number of rotatable bonds is 6. The topological polar surface area (TPSA) is 71.5 Å². The van der Waals surface area contributed by atoms with Crippen molar-refractivity contribution in [2.75, 3.05) is 0 Å². The average Bonchev–Trinajstić information content (AvgIpc) is 2.64. The van der Waals surface area contributed by atoms with Gasteiger partial charge in [0.25, 0.3) is 0 Å². The molecule has 5 nitrogen and oxygen atoms in total. The van der Waals surface area contributed by atoms with Crippen molar-refractivity contribution in [2.45, 2.75) is 37.7 Å². The second-order valence-electron chi connectivity index (χ2n) is 6.82. The first-order valence-corrected chi connectivity index (χ1v) is 14.7. The molecule has 2 aromatic rings. The summed E-state index contributed by atoms with van der Waals surface area (Å²) < 4.78 is 127. The second-order valence-corrected chi connectivity index (χ2v) is 16.9. The minimum absolute atomic E-state index is 0.0420. The summed E-state index contributed by atoms with van der Waals surface area (Å²) in [4.78, 5) is 0. The molecule has 2 aromatic carbocycles. The van der Waals surface area contributed by atoms with Crippen LogP contribution in [0.15, 0.2) is 48.5 Å². The van der Waals surface area contributed by atoms with Crippen LogP contribution in [0.1, 0.15) is 30.9 Å². The van der Waals surface area contributed by atoms with Crippen LogP contribution in [-0.2, 0) is 20.0 Å². The number of hydrogen-bond donors (Lipinski definition) is 0.